The van der Waals surface area contributed by atoms with Crippen molar-refractivity contribution in [2.24, 2.45) is 5.92 Å². The van der Waals surface area contributed by atoms with E-state index < -0.39 is 36.7 Å². The Hall–Kier alpha value is -4.16. The van der Waals surface area contributed by atoms with Gasteiger partial charge in [-0.2, -0.15) is 0 Å². The number of hydrogen-bond acceptors (Lipinski definition) is 6. The maximum atomic E-state index is 15.5. The first-order valence-corrected chi connectivity index (χ1v) is 14.2. The molecule has 1 aliphatic carbocycles. The van der Waals surface area contributed by atoms with Gasteiger partial charge in [0.25, 0.3) is 0 Å². The maximum absolute atomic E-state index is 15.5. The van der Waals surface area contributed by atoms with Gasteiger partial charge in [0, 0.05) is 0 Å². The minimum atomic E-state index is -3.12. The fourth-order valence-electron chi connectivity index (χ4n) is 5.03. The Morgan fingerprint density at radius 1 is 1.17 bits per heavy atom. The number of carbonyl (C=O) groups excluding carboxylic acids is 1. The third kappa shape index (κ3) is 5.57. The first-order valence-electron chi connectivity index (χ1n) is 13.0. The van der Waals surface area contributed by atoms with Crippen molar-refractivity contribution in [1.29, 1.82) is 5.26 Å². The van der Waals surface area contributed by atoms with Crippen molar-refractivity contribution >= 4 is 38.3 Å². The van der Waals surface area contributed by atoms with Gasteiger partial charge in [-0.1, -0.05) is 0 Å². The van der Waals surface area contributed by atoms with Crippen molar-refractivity contribution in [3.8, 4) is 28.8 Å². The fourth-order valence-corrected chi connectivity index (χ4v) is 5.73. The number of aromatic nitrogens is 4. The molecular formula is C29H24AsF3N6O2. The molecule has 8 nitrogen and oxygen atoms in total. The number of halogens is 3. The number of likely N-dealkylation sites (tertiary alicyclic amines) is 1. The van der Waals surface area contributed by atoms with Crippen LogP contribution in [0.15, 0.2) is 66.5 Å². The second kappa shape index (κ2) is 10.7. The van der Waals surface area contributed by atoms with E-state index in [9.17, 15) is 18.8 Å². The minimum absolute atomic E-state index is 0.111. The van der Waals surface area contributed by atoms with Crippen molar-refractivity contribution in [2.75, 3.05) is 6.54 Å². The number of carbonyl (C=O) groups is 1. The summed E-state index contributed by atoms with van der Waals surface area (Å²) >= 11 is 1.18. The molecule has 41 heavy (non-hydrogen) atoms. The van der Waals surface area contributed by atoms with Crippen molar-refractivity contribution in [1.82, 2.24) is 24.6 Å². The fraction of sp³-hybridized carbons (Fsp3) is 0.276. The molecular weight excluding hydrogens is 596 g/mol. The molecule has 0 spiro atoms. The molecule has 208 valence electrons. The molecule has 4 aromatic rings. The normalized spacial score (nSPS) is 18.5. The van der Waals surface area contributed by atoms with E-state index in [1.54, 1.807) is 30.3 Å². The predicted octanol–water partition coefficient (Wildman–Crippen LogP) is 3.78. The zero-order valence-electron chi connectivity index (χ0n) is 21.7. The molecule has 1 amide bonds. The van der Waals surface area contributed by atoms with Crippen molar-refractivity contribution in [3.05, 3.63) is 72.3 Å². The van der Waals surface area contributed by atoms with Gasteiger partial charge in [0.05, 0.1) is 0 Å². The van der Waals surface area contributed by atoms with Gasteiger partial charge in [0.15, 0.2) is 0 Å². The van der Waals surface area contributed by atoms with Crippen molar-refractivity contribution in [2.45, 2.75) is 37.8 Å². The SMILES string of the molecule is N#CC(=CC1CC1)C(=O)N1CC(F)(F)CC1Cn1nc(-c2ccc(Oc3ccccc3)cc2F)c2c([AsH2])ncnc21. The van der Waals surface area contributed by atoms with E-state index in [1.165, 1.54) is 33.9 Å². The van der Waals surface area contributed by atoms with Crippen LogP contribution in [0.4, 0.5) is 13.2 Å². The molecule has 1 saturated carbocycles. The number of benzene rings is 2. The van der Waals surface area contributed by atoms with Crippen LogP contribution < -0.4 is 9.22 Å². The van der Waals surface area contributed by atoms with Gasteiger partial charge in [-0.25, -0.2) is 0 Å². The van der Waals surface area contributed by atoms with Gasteiger partial charge >= 0.3 is 242 Å². The zero-order valence-corrected chi connectivity index (χ0v) is 24.1. The number of hydrogen-bond donors (Lipinski definition) is 0. The Balaban J connectivity index is 1.34. The number of para-hydroxylation sites is 1. The van der Waals surface area contributed by atoms with Crippen LogP contribution in [-0.4, -0.2) is 65.9 Å². The van der Waals surface area contributed by atoms with Crippen molar-refractivity contribution < 1.29 is 22.7 Å². The van der Waals surface area contributed by atoms with Crippen LogP contribution in [0.2, 0.25) is 0 Å². The molecule has 3 heterocycles. The van der Waals surface area contributed by atoms with E-state index in [4.69, 9.17) is 4.74 Å². The second-order valence-electron chi connectivity index (χ2n) is 10.2. The average molecular weight is 620 g/mol. The van der Waals surface area contributed by atoms with Crippen LogP contribution in [0.25, 0.3) is 22.3 Å². The molecule has 2 aromatic carbocycles. The Bertz CT molecular complexity index is 1720. The third-order valence-electron chi connectivity index (χ3n) is 7.13. The zero-order chi connectivity index (χ0) is 28.7. The first-order chi connectivity index (χ1) is 19.7. The summed E-state index contributed by atoms with van der Waals surface area (Å²) < 4.78 is 52.5. The molecule has 0 N–H and O–H groups in total. The van der Waals surface area contributed by atoms with Gasteiger partial charge in [-0.15, -0.1) is 0 Å². The third-order valence-corrected chi connectivity index (χ3v) is 8.05. The standard InChI is InChI=1S/C29H24AsF3N6O2/c30-26-24-25(22-9-8-21(11-23(22)31)41-20-4-2-1-3-5-20)37-39(27(24)36-16-35-26)14-19-12-29(32,33)15-38(19)28(40)18(13-34)10-17-6-7-17/h1-5,8-11,16-17,19H,6-7,12,14-15,30H2. The number of amides is 1. The van der Waals surface area contributed by atoms with Gasteiger partial charge in [0.2, 0.25) is 0 Å². The topological polar surface area (TPSA) is 96.9 Å². The van der Waals surface area contributed by atoms with Gasteiger partial charge in [-0.3, -0.25) is 0 Å². The monoisotopic (exact) mass is 620 g/mol. The summed E-state index contributed by atoms with van der Waals surface area (Å²) in [5, 5.41) is 14.6. The summed E-state index contributed by atoms with van der Waals surface area (Å²) in [4.78, 5) is 22.8. The molecule has 0 radical (unpaired) electrons. The molecule has 2 unspecified atom stereocenters. The summed E-state index contributed by atoms with van der Waals surface area (Å²) in [6.07, 6.45) is 4.06. The van der Waals surface area contributed by atoms with Crippen LogP contribution in [-0.2, 0) is 11.3 Å². The molecule has 12 heteroatoms. The summed E-state index contributed by atoms with van der Waals surface area (Å²) in [6, 6.07) is 14.3. The number of allylic oxidation sites excluding steroid dienone is 1. The summed E-state index contributed by atoms with van der Waals surface area (Å²) in [6.45, 7) is -0.902. The number of alkyl halides is 2. The van der Waals surface area contributed by atoms with Crippen LogP contribution in [0.3, 0.4) is 0 Å². The van der Waals surface area contributed by atoms with Gasteiger partial charge < -0.3 is 0 Å². The van der Waals surface area contributed by atoms with Crippen LogP contribution in [0, 0.1) is 23.1 Å². The molecule has 1 aliphatic heterocycles. The number of ether oxygens (including phenoxy) is 1. The number of nitrogens with zero attached hydrogens (tertiary/aromatic N) is 6. The molecule has 1 saturated heterocycles. The van der Waals surface area contributed by atoms with Gasteiger partial charge in [0.1, 0.15) is 0 Å². The summed E-state index contributed by atoms with van der Waals surface area (Å²) in [7, 11) is 0. The van der Waals surface area contributed by atoms with E-state index >= 15 is 4.39 Å². The number of fused-ring (bicyclic) bond motifs is 1. The van der Waals surface area contributed by atoms with Crippen LogP contribution in [0.5, 0.6) is 11.5 Å². The number of nitriles is 1. The molecule has 0 bridgehead atoms. The Kier molecular flexibility index (Phi) is 7.04. The second-order valence-corrected chi connectivity index (χ2v) is 11.4. The van der Waals surface area contributed by atoms with E-state index in [1.807, 2.05) is 24.3 Å². The molecule has 6 rings (SSSR count). The number of rotatable bonds is 7. The molecule has 2 fully saturated rings. The quantitative estimate of drug-likeness (QED) is 0.177. The molecule has 2 atom stereocenters. The van der Waals surface area contributed by atoms with Crippen molar-refractivity contribution in [3.63, 3.8) is 0 Å². The predicted molar refractivity (Wildman–Crippen MR) is 147 cm³/mol. The molecule has 2 aromatic heterocycles. The van der Waals surface area contributed by atoms with E-state index in [0.29, 0.717) is 27.0 Å². The van der Waals surface area contributed by atoms with Crippen LogP contribution in [0.1, 0.15) is 19.3 Å². The Labute approximate surface area is 241 Å². The van der Waals surface area contributed by atoms with Crippen LogP contribution >= 0.6 is 0 Å². The van der Waals surface area contributed by atoms with E-state index in [2.05, 4.69) is 15.1 Å². The average Bonchev–Trinajstić information content (AvgIpc) is 3.62. The Morgan fingerprint density at radius 3 is 2.66 bits per heavy atom. The van der Waals surface area contributed by atoms with E-state index in [-0.39, 0.29) is 29.3 Å². The van der Waals surface area contributed by atoms with E-state index in [0.717, 1.165) is 17.7 Å². The first kappa shape index (κ1) is 27.0. The van der Waals surface area contributed by atoms with Gasteiger partial charge in [-0.05, 0) is 0 Å². The molecule has 2 aliphatic rings. The summed E-state index contributed by atoms with van der Waals surface area (Å²) in [5.74, 6) is -3.44. The Morgan fingerprint density at radius 2 is 1.95 bits per heavy atom. The summed E-state index contributed by atoms with van der Waals surface area (Å²) in [5.41, 5.74) is 0.654.